The summed E-state index contributed by atoms with van der Waals surface area (Å²) in [4.78, 5) is 17.8. The van der Waals surface area contributed by atoms with Crippen molar-refractivity contribution < 1.29 is 4.79 Å². The Morgan fingerprint density at radius 1 is 1.69 bits per heavy atom. The standard InChI is InChI=1S/C12H13BrN2O/c1-3-9-5-11(16)15(7-9)10-4-8(2)6-14-12(10)13/h3-4,6,9H,1,5,7H2,2H3. The Kier molecular flexibility index (Phi) is 3.10. The minimum absolute atomic E-state index is 0.137. The zero-order chi connectivity index (χ0) is 11.7. The highest BCUT2D eigenvalue weighted by molar-refractivity contribution is 9.10. The molecule has 1 aliphatic heterocycles. The number of hydrogen-bond acceptors (Lipinski definition) is 2. The van der Waals surface area contributed by atoms with E-state index < -0.39 is 0 Å². The number of rotatable bonds is 2. The fourth-order valence-corrected chi connectivity index (χ4v) is 2.28. The molecule has 4 heteroatoms. The molecule has 0 saturated carbocycles. The van der Waals surface area contributed by atoms with Crippen LogP contribution in [0.3, 0.4) is 0 Å². The molecule has 0 aliphatic carbocycles. The summed E-state index contributed by atoms with van der Waals surface area (Å²) in [5, 5.41) is 0. The highest BCUT2D eigenvalue weighted by atomic mass is 79.9. The second-order valence-corrected chi connectivity index (χ2v) is 4.78. The summed E-state index contributed by atoms with van der Waals surface area (Å²) in [6, 6.07) is 1.97. The third-order valence-corrected chi connectivity index (χ3v) is 3.35. The molecule has 16 heavy (non-hydrogen) atoms. The van der Waals surface area contributed by atoms with Crippen molar-refractivity contribution in [2.45, 2.75) is 13.3 Å². The number of halogens is 1. The normalized spacial score (nSPS) is 20.2. The van der Waals surface area contributed by atoms with E-state index in [1.807, 2.05) is 19.1 Å². The summed E-state index contributed by atoms with van der Waals surface area (Å²) in [6.45, 7) is 6.41. The van der Waals surface area contributed by atoms with E-state index in [1.165, 1.54) is 0 Å². The third kappa shape index (κ3) is 2.02. The lowest BCUT2D eigenvalue weighted by Crippen LogP contribution is -2.25. The molecule has 84 valence electrons. The van der Waals surface area contributed by atoms with E-state index in [0.717, 1.165) is 15.9 Å². The van der Waals surface area contributed by atoms with Gasteiger partial charge in [0.15, 0.2) is 0 Å². The van der Waals surface area contributed by atoms with Gasteiger partial charge in [-0.25, -0.2) is 4.98 Å². The minimum atomic E-state index is 0.137. The molecule has 1 fully saturated rings. The van der Waals surface area contributed by atoms with Crippen molar-refractivity contribution in [3.63, 3.8) is 0 Å². The van der Waals surface area contributed by atoms with Crippen molar-refractivity contribution in [1.29, 1.82) is 0 Å². The average Bonchev–Trinajstić information content (AvgIpc) is 2.63. The quantitative estimate of drug-likeness (QED) is 0.617. The summed E-state index contributed by atoms with van der Waals surface area (Å²) in [5.74, 6) is 0.387. The van der Waals surface area contributed by atoms with Gasteiger partial charge in [0.2, 0.25) is 5.91 Å². The molecule has 0 spiro atoms. The molecule has 0 bridgehead atoms. The van der Waals surface area contributed by atoms with Crippen LogP contribution in [0.25, 0.3) is 0 Å². The Morgan fingerprint density at radius 3 is 3.06 bits per heavy atom. The summed E-state index contributed by atoms with van der Waals surface area (Å²) in [6.07, 6.45) is 4.16. The topological polar surface area (TPSA) is 33.2 Å². The van der Waals surface area contributed by atoms with E-state index in [4.69, 9.17) is 0 Å². The largest absolute Gasteiger partial charge is 0.309 e. The van der Waals surface area contributed by atoms with E-state index in [0.29, 0.717) is 13.0 Å². The van der Waals surface area contributed by atoms with Crippen LogP contribution in [0.5, 0.6) is 0 Å². The van der Waals surface area contributed by atoms with Gasteiger partial charge in [0.25, 0.3) is 0 Å². The number of nitrogens with zero attached hydrogens (tertiary/aromatic N) is 2. The van der Waals surface area contributed by atoms with Gasteiger partial charge in [-0.15, -0.1) is 6.58 Å². The summed E-state index contributed by atoms with van der Waals surface area (Å²) < 4.78 is 0.719. The van der Waals surface area contributed by atoms with Crippen LogP contribution >= 0.6 is 15.9 Å². The number of hydrogen-bond donors (Lipinski definition) is 0. The minimum Gasteiger partial charge on any atom is -0.309 e. The Morgan fingerprint density at radius 2 is 2.44 bits per heavy atom. The summed E-state index contributed by atoms with van der Waals surface area (Å²) in [7, 11) is 0. The van der Waals surface area contributed by atoms with Crippen LogP contribution in [0.2, 0.25) is 0 Å². The molecule has 0 radical (unpaired) electrons. The Bertz CT molecular complexity index is 445. The number of carbonyl (C=O) groups is 1. The van der Waals surface area contributed by atoms with Crippen LogP contribution in [0.1, 0.15) is 12.0 Å². The van der Waals surface area contributed by atoms with E-state index >= 15 is 0 Å². The smallest absolute Gasteiger partial charge is 0.227 e. The molecule has 1 amide bonds. The van der Waals surface area contributed by atoms with Crippen LogP contribution in [-0.4, -0.2) is 17.4 Å². The summed E-state index contributed by atoms with van der Waals surface area (Å²) in [5.41, 5.74) is 1.91. The number of aryl methyl sites for hydroxylation is 1. The van der Waals surface area contributed by atoms with Crippen LogP contribution in [0, 0.1) is 12.8 Å². The monoisotopic (exact) mass is 280 g/mol. The van der Waals surface area contributed by atoms with Crippen LogP contribution in [0.4, 0.5) is 5.69 Å². The molecular formula is C12H13BrN2O. The molecule has 1 saturated heterocycles. The van der Waals surface area contributed by atoms with Gasteiger partial charge in [0.05, 0.1) is 5.69 Å². The lowest BCUT2D eigenvalue weighted by Gasteiger charge is -2.17. The number of amides is 1. The first-order valence-corrected chi connectivity index (χ1v) is 5.96. The maximum Gasteiger partial charge on any atom is 0.227 e. The Balaban J connectivity index is 2.34. The Labute approximate surface area is 103 Å². The van der Waals surface area contributed by atoms with Crippen molar-refractivity contribution in [3.05, 3.63) is 35.1 Å². The second-order valence-electron chi connectivity index (χ2n) is 4.03. The van der Waals surface area contributed by atoms with Gasteiger partial charge >= 0.3 is 0 Å². The van der Waals surface area contributed by atoms with Gasteiger partial charge in [0.1, 0.15) is 4.60 Å². The highest BCUT2D eigenvalue weighted by Gasteiger charge is 2.30. The van der Waals surface area contributed by atoms with Gasteiger partial charge < -0.3 is 4.90 Å². The first-order valence-electron chi connectivity index (χ1n) is 5.17. The first kappa shape index (κ1) is 11.3. The first-order chi connectivity index (χ1) is 7.61. The lowest BCUT2D eigenvalue weighted by molar-refractivity contribution is -0.117. The van der Waals surface area contributed by atoms with Gasteiger partial charge in [-0.3, -0.25) is 4.79 Å². The molecule has 2 heterocycles. The molecule has 0 N–H and O–H groups in total. The molecule has 1 aromatic heterocycles. The molecule has 0 aromatic carbocycles. The maximum atomic E-state index is 11.8. The second kappa shape index (κ2) is 4.37. The average molecular weight is 281 g/mol. The zero-order valence-electron chi connectivity index (χ0n) is 9.11. The van der Waals surface area contributed by atoms with Gasteiger partial charge in [-0.05, 0) is 34.5 Å². The van der Waals surface area contributed by atoms with E-state index in [2.05, 4.69) is 27.5 Å². The molecular weight excluding hydrogens is 268 g/mol. The van der Waals surface area contributed by atoms with Crippen molar-refractivity contribution in [1.82, 2.24) is 4.98 Å². The van der Waals surface area contributed by atoms with Gasteiger partial charge in [-0.2, -0.15) is 0 Å². The predicted molar refractivity (Wildman–Crippen MR) is 67.3 cm³/mol. The molecule has 3 nitrogen and oxygen atoms in total. The van der Waals surface area contributed by atoms with Crippen molar-refractivity contribution >= 4 is 27.5 Å². The maximum absolute atomic E-state index is 11.8. The van der Waals surface area contributed by atoms with E-state index in [1.54, 1.807) is 11.1 Å². The molecule has 2 rings (SSSR count). The SMILES string of the molecule is C=CC1CC(=O)N(c2cc(C)cnc2Br)C1. The number of carbonyl (C=O) groups excluding carboxylic acids is 1. The predicted octanol–water partition coefficient (Wildman–Crippen LogP) is 2.69. The molecule has 1 aliphatic rings. The Hall–Kier alpha value is -1.16. The van der Waals surface area contributed by atoms with Crippen molar-refractivity contribution in [2.75, 3.05) is 11.4 Å². The zero-order valence-corrected chi connectivity index (χ0v) is 10.7. The fourth-order valence-electron chi connectivity index (χ4n) is 1.85. The summed E-state index contributed by atoms with van der Waals surface area (Å²) >= 11 is 3.38. The van der Waals surface area contributed by atoms with E-state index in [9.17, 15) is 4.79 Å². The third-order valence-electron chi connectivity index (χ3n) is 2.74. The lowest BCUT2D eigenvalue weighted by atomic mass is 10.1. The molecule has 1 aromatic rings. The van der Waals surface area contributed by atoms with E-state index in [-0.39, 0.29) is 11.8 Å². The van der Waals surface area contributed by atoms with Crippen molar-refractivity contribution in [2.24, 2.45) is 5.92 Å². The van der Waals surface area contributed by atoms with Crippen molar-refractivity contribution in [3.8, 4) is 0 Å². The van der Waals surface area contributed by atoms with Crippen LogP contribution in [-0.2, 0) is 4.79 Å². The van der Waals surface area contributed by atoms with Crippen LogP contribution in [0.15, 0.2) is 29.5 Å². The number of anilines is 1. The number of aromatic nitrogens is 1. The number of pyridine rings is 1. The van der Waals surface area contributed by atoms with Gasteiger partial charge in [0, 0.05) is 25.1 Å². The molecule has 1 unspecified atom stereocenters. The molecule has 1 atom stereocenters. The van der Waals surface area contributed by atoms with Gasteiger partial charge in [-0.1, -0.05) is 6.08 Å². The highest BCUT2D eigenvalue weighted by Crippen LogP contribution is 2.30. The van der Waals surface area contributed by atoms with Crippen LogP contribution < -0.4 is 4.90 Å². The fraction of sp³-hybridized carbons (Fsp3) is 0.333.